The summed E-state index contributed by atoms with van der Waals surface area (Å²) < 4.78 is 5.01. The molecule has 1 aromatic rings. The summed E-state index contributed by atoms with van der Waals surface area (Å²) in [7, 11) is 1.43. The molecule has 1 aliphatic carbocycles. The van der Waals surface area contributed by atoms with E-state index in [1.165, 1.54) is 20.0 Å². The number of hydrogen-bond donors (Lipinski definition) is 1. The third-order valence-electron chi connectivity index (χ3n) is 3.79. The van der Waals surface area contributed by atoms with Crippen LogP contribution in [0, 0.1) is 5.92 Å². The van der Waals surface area contributed by atoms with E-state index in [4.69, 9.17) is 16.3 Å². The monoisotopic (exact) mass is 281 g/mol. The van der Waals surface area contributed by atoms with E-state index >= 15 is 0 Å². The van der Waals surface area contributed by atoms with Crippen LogP contribution in [0.2, 0.25) is 5.02 Å². The molecule has 19 heavy (non-hydrogen) atoms. The van der Waals surface area contributed by atoms with E-state index in [2.05, 4.69) is 5.32 Å². The lowest BCUT2D eigenvalue weighted by atomic mass is 9.87. The summed E-state index contributed by atoms with van der Waals surface area (Å²) in [5.41, 5.74) is 0.147. The number of benzene rings is 1. The summed E-state index contributed by atoms with van der Waals surface area (Å²) in [6.07, 6.45) is 3.14. The van der Waals surface area contributed by atoms with Gasteiger partial charge < -0.3 is 4.74 Å². The number of esters is 1. The lowest BCUT2D eigenvalue weighted by Gasteiger charge is -2.31. The van der Waals surface area contributed by atoms with Crippen molar-refractivity contribution in [1.29, 1.82) is 0 Å². The van der Waals surface area contributed by atoms with Crippen molar-refractivity contribution in [1.82, 2.24) is 5.32 Å². The van der Waals surface area contributed by atoms with Crippen molar-refractivity contribution in [2.45, 2.75) is 31.7 Å². The van der Waals surface area contributed by atoms with Crippen LogP contribution in [0.15, 0.2) is 24.3 Å². The van der Waals surface area contributed by atoms with E-state index < -0.39 is 5.54 Å². The summed E-state index contributed by atoms with van der Waals surface area (Å²) in [5, 5.41) is 4.08. The standard InChI is InChI=1S/C15H20ClNO2/c1-3-15(14(18)19-2,17-10-11-4-5-11)12-6-8-13(16)9-7-12/h6-9,11,17H,3-5,10H2,1-2H3. The van der Waals surface area contributed by atoms with Gasteiger partial charge in [-0.3, -0.25) is 5.32 Å². The number of ether oxygens (including phenoxy) is 1. The molecule has 2 rings (SSSR count). The van der Waals surface area contributed by atoms with E-state index in [9.17, 15) is 4.79 Å². The van der Waals surface area contributed by atoms with Crippen molar-refractivity contribution in [3.63, 3.8) is 0 Å². The van der Waals surface area contributed by atoms with Gasteiger partial charge in [-0.05, 0) is 49.4 Å². The number of hydrogen-bond acceptors (Lipinski definition) is 3. The molecule has 1 saturated carbocycles. The van der Waals surface area contributed by atoms with Crippen LogP contribution in [-0.4, -0.2) is 19.6 Å². The Labute approximate surface area is 119 Å². The molecule has 0 aliphatic heterocycles. The van der Waals surface area contributed by atoms with Gasteiger partial charge in [0.2, 0.25) is 0 Å². The minimum absolute atomic E-state index is 0.238. The molecule has 1 aliphatic rings. The Morgan fingerprint density at radius 1 is 1.42 bits per heavy atom. The first-order valence-corrected chi connectivity index (χ1v) is 7.09. The van der Waals surface area contributed by atoms with Gasteiger partial charge in [0.15, 0.2) is 0 Å². The Bertz CT molecular complexity index is 442. The fourth-order valence-electron chi connectivity index (χ4n) is 2.31. The van der Waals surface area contributed by atoms with Crippen LogP contribution >= 0.6 is 11.6 Å². The molecule has 0 amide bonds. The van der Waals surface area contributed by atoms with E-state index in [1.807, 2.05) is 31.2 Å². The molecule has 4 heteroatoms. The van der Waals surface area contributed by atoms with E-state index in [1.54, 1.807) is 0 Å². The van der Waals surface area contributed by atoms with Crippen molar-refractivity contribution >= 4 is 17.6 Å². The number of carbonyl (C=O) groups excluding carboxylic acids is 1. The molecule has 0 radical (unpaired) electrons. The Morgan fingerprint density at radius 2 is 2.05 bits per heavy atom. The Morgan fingerprint density at radius 3 is 2.53 bits per heavy atom. The molecule has 1 atom stereocenters. The largest absolute Gasteiger partial charge is 0.467 e. The van der Waals surface area contributed by atoms with Gasteiger partial charge in [-0.2, -0.15) is 0 Å². The van der Waals surface area contributed by atoms with Gasteiger partial charge in [0.25, 0.3) is 0 Å². The van der Waals surface area contributed by atoms with E-state index in [0.717, 1.165) is 12.1 Å². The molecule has 1 fully saturated rings. The van der Waals surface area contributed by atoms with Gasteiger partial charge in [-0.15, -0.1) is 0 Å². The minimum Gasteiger partial charge on any atom is -0.467 e. The van der Waals surface area contributed by atoms with Gasteiger partial charge in [0.05, 0.1) is 7.11 Å². The van der Waals surface area contributed by atoms with Gasteiger partial charge in [-0.25, -0.2) is 4.79 Å². The fraction of sp³-hybridized carbons (Fsp3) is 0.533. The van der Waals surface area contributed by atoms with Crippen LogP contribution in [0.3, 0.4) is 0 Å². The van der Waals surface area contributed by atoms with Crippen LogP contribution in [0.5, 0.6) is 0 Å². The Hall–Kier alpha value is -1.06. The quantitative estimate of drug-likeness (QED) is 0.814. The van der Waals surface area contributed by atoms with Crippen molar-refractivity contribution in [2.75, 3.05) is 13.7 Å². The normalized spacial score (nSPS) is 17.8. The molecule has 0 aromatic heterocycles. The first-order valence-electron chi connectivity index (χ1n) is 6.72. The number of methoxy groups -OCH3 is 1. The van der Waals surface area contributed by atoms with Crippen LogP contribution in [0.4, 0.5) is 0 Å². The summed E-state index contributed by atoms with van der Waals surface area (Å²) >= 11 is 5.92. The van der Waals surface area contributed by atoms with Crippen molar-refractivity contribution < 1.29 is 9.53 Å². The molecule has 0 spiro atoms. The predicted molar refractivity (Wildman–Crippen MR) is 76.2 cm³/mol. The highest BCUT2D eigenvalue weighted by Crippen LogP contribution is 2.32. The van der Waals surface area contributed by atoms with Gasteiger partial charge >= 0.3 is 5.97 Å². The zero-order valence-corrected chi connectivity index (χ0v) is 12.2. The highest BCUT2D eigenvalue weighted by Gasteiger charge is 2.40. The third kappa shape index (κ3) is 3.10. The average molecular weight is 282 g/mol. The molecule has 0 saturated heterocycles. The maximum absolute atomic E-state index is 12.3. The molecule has 1 N–H and O–H groups in total. The zero-order valence-electron chi connectivity index (χ0n) is 11.4. The lowest BCUT2D eigenvalue weighted by Crippen LogP contribution is -2.50. The van der Waals surface area contributed by atoms with E-state index in [-0.39, 0.29) is 5.97 Å². The van der Waals surface area contributed by atoms with Crippen LogP contribution < -0.4 is 5.32 Å². The lowest BCUT2D eigenvalue weighted by molar-refractivity contribution is -0.149. The first-order chi connectivity index (χ1) is 9.12. The van der Waals surface area contributed by atoms with Gasteiger partial charge in [-0.1, -0.05) is 30.7 Å². The highest BCUT2D eigenvalue weighted by atomic mass is 35.5. The number of carbonyl (C=O) groups is 1. The summed E-state index contributed by atoms with van der Waals surface area (Å²) in [6, 6.07) is 7.40. The van der Waals surface area contributed by atoms with Gasteiger partial charge in [0.1, 0.15) is 5.54 Å². The number of rotatable bonds is 6. The van der Waals surface area contributed by atoms with Crippen molar-refractivity contribution in [3.05, 3.63) is 34.9 Å². The smallest absolute Gasteiger partial charge is 0.330 e. The zero-order chi connectivity index (χ0) is 13.9. The van der Waals surface area contributed by atoms with Crippen LogP contribution in [-0.2, 0) is 15.1 Å². The second-order valence-corrected chi connectivity index (χ2v) is 5.52. The van der Waals surface area contributed by atoms with Crippen molar-refractivity contribution in [2.24, 2.45) is 5.92 Å². The van der Waals surface area contributed by atoms with Gasteiger partial charge in [0, 0.05) is 5.02 Å². The molecule has 104 valence electrons. The maximum Gasteiger partial charge on any atom is 0.330 e. The van der Waals surface area contributed by atoms with Crippen LogP contribution in [0.25, 0.3) is 0 Å². The van der Waals surface area contributed by atoms with Crippen molar-refractivity contribution in [3.8, 4) is 0 Å². The highest BCUT2D eigenvalue weighted by molar-refractivity contribution is 6.30. The minimum atomic E-state index is -0.762. The summed E-state index contributed by atoms with van der Waals surface area (Å²) in [6.45, 7) is 2.84. The second kappa shape index (κ2) is 5.93. The predicted octanol–water partition coefficient (Wildman–Crippen LogP) is 3.12. The Balaban J connectivity index is 2.29. The summed E-state index contributed by atoms with van der Waals surface area (Å²) in [4.78, 5) is 12.3. The third-order valence-corrected chi connectivity index (χ3v) is 4.04. The molecular formula is C15H20ClNO2. The molecular weight excluding hydrogens is 262 g/mol. The maximum atomic E-state index is 12.3. The average Bonchev–Trinajstić information content (AvgIpc) is 3.25. The molecule has 0 heterocycles. The molecule has 3 nitrogen and oxygen atoms in total. The number of halogens is 1. The molecule has 0 bridgehead atoms. The second-order valence-electron chi connectivity index (χ2n) is 5.08. The SMILES string of the molecule is CCC(NCC1CC1)(C(=O)OC)c1ccc(Cl)cc1. The molecule has 1 aromatic carbocycles. The number of nitrogens with one attached hydrogen (secondary N) is 1. The van der Waals surface area contributed by atoms with Crippen LogP contribution in [0.1, 0.15) is 31.7 Å². The molecule has 1 unspecified atom stereocenters. The first kappa shape index (κ1) is 14.4. The topological polar surface area (TPSA) is 38.3 Å². The summed E-state index contributed by atoms with van der Waals surface area (Å²) in [5.74, 6) is 0.459. The fourth-order valence-corrected chi connectivity index (χ4v) is 2.44. The Kier molecular flexibility index (Phi) is 4.48. The van der Waals surface area contributed by atoms with E-state index in [0.29, 0.717) is 17.4 Å².